The first-order valence-electron chi connectivity index (χ1n) is 11.1. The van der Waals surface area contributed by atoms with Gasteiger partial charge in [0.05, 0.1) is 42.2 Å². The van der Waals surface area contributed by atoms with Crippen molar-refractivity contribution in [1.29, 1.82) is 0 Å². The Balaban J connectivity index is 1.49. The molecule has 2 aromatic carbocycles. The molecule has 2 aliphatic heterocycles. The van der Waals surface area contributed by atoms with Gasteiger partial charge < -0.3 is 4.74 Å². The second-order valence-corrected chi connectivity index (χ2v) is 9.01. The first-order valence-corrected chi connectivity index (χ1v) is 11.1. The molecular formula is C26H20N2O6. The molecule has 0 radical (unpaired) electrons. The molecule has 2 bridgehead atoms. The highest BCUT2D eigenvalue weighted by atomic mass is 16.5. The quantitative estimate of drug-likeness (QED) is 0.517. The van der Waals surface area contributed by atoms with Crippen molar-refractivity contribution in [2.24, 2.45) is 35.5 Å². The van der Waals surface area contributed by atoms with Crippen molar-refractivity contribution in [2.75, 3.05) is 16.9 Å². The highest BCUT2D eigenvalue weighted by molar-refractivity contribution is 6.27. The number of benzene rings is 2. The van der Waals surface area contributed by atoms with Crippen LogP contribution in [0.15, 0.2) is 72.3 Å². The molecule has 34 heavy (non-hydrogen) atoms. The maximum Gasteiger partial charge on any atom is 0.333 e. The number of para-hydroxylation sites is 2. The molecule has 0 N–H and O–H groups in total. The van der Waals surface area contributed by atoms with Crippen LogP contribution >= 0.6 is 0 Å². The maximum absolute atomic E-state index is 13.6. The van der Waals surface area contributed by atoms with Crippen molar-refractivity contribution in [3.8, 4) is 0 Å². The highest BCUT2D eigenvalue weighted by Gasteiger charge is 2.71. The number of esters is 1. The smallest absolute Gasteiger partial charge is 0.333 e. The van der Waals surface area contributed by atoms with Gasteiger partial charge in [0.25, 0.3) is 0 Å². The summed E-state index contributed by atoms with van der Waals surface area (Å²) in [5.41, 5.74) is 1.06. The molecule has 170 valence electrons. The van der Waals surface area contributed by atoms with Crippen LogP contribution in [0.3, 0.4) is 0 Å². The Hall–Kier alpha value is -4.07. The topological polar surface area (TPSA) is 101 Å². The van der Waals surface area contributed by atoms with E-state index in [0.717, 1.165) is 9.80 Å². The molecule has 0 aromatic heterocycles. The van der Waals surface area contributed by atoms with E-state index in [9.17, 15) is 24.0 Å². The Morgan fingerprint density at radius 1 is 0.647 bits per heavy atom. The standard InChI is InChI=1S/C26H20N2O6/c1-34-26(33)16-12-15-18-20(24(31)27(22(18)29)13-8-4-2-5-9-13)17(16)21-19(15)23(30)28(25(21)32)14-10-6-3-7-11-14/h2-12,15,17-21H,1H3/t15?,17?,18-,19+,20+,21-. The third-order valence-electron chi connectivity index (χ3n) is 7.58. The summed E-state index contributed by atoms with van der Waals surface area (Å²) in [7, 11) is 1.23. The number of methoxy groups -OCH3 is 1. The summed E-state index contributed by atoms with van der Waals surface area (Å²) < 4.78 is 4.96. The summed E-state index contributed by atoms with van der Waals surface area (Å²) in [6.45, 7) is 0. The molecule has 2 heterocycles. The molecule has 7 rings (SSSR count). The molecule has 4 amide bonds. The summed E-state index contributed by atoms with van der Waals surface area (Å²) in [5.74, 6) is -7.52. The Morgan fingerprint density at radius 3 is 1.47 bits per heavy atom. The number of carbonyl (C=O) groups is 5. The van der Waals surface area contributed by atoms with Gasteiger partial charge >= 0.3 is 5.97 Å². The SMILES string of the molecule is COC(=O)C1=CC2[C@H]3C(=O)N(c4ccccc4)C(=O)[C@H]3C1[C@H]1C(=O)N(c3ccccc3)C(=O)[C@@H]21. The van der Waals surface area contributed by atoms with E-state index in [2.05, 4.69) is 0 Å². The lowest BCUT2D eigenvalue weighted by Crippen LogP contribution is -2.53. The van der Waals surface area contributed by atoms with Gasteiger partial charge in [0.1, 0.15) is 0 Å². The summed E-state index contributed by atoms with van der Waals surface area (Å²) in [5, 5.41) is 0. The van der Waals surface area contributed by atoms with Crippen LogP contribution in [0, 0.1) is 35.5 Å². The average Bonchev–Trinajstić information content (AvgIpc) is 3.30. The molecule has 2 saturated heterocycles. The predicted octanol–water partition coefficient (Wildman–Crippen LogP) is 1.96. The summed E-state index contributed by atoms with van der Waals surface area (Å²) >= 11 is 0. The second-order valence-electron chi connectivity index (χ2n) is 9.01. The van der Waals surface area contributed by atoms with Gasteiger partial charge in [-0.05, 0) is 24.3 Å². The number of rotatable bonds is 3. The lowest BCUT2D eigenvalue weighted by molar-refractivity contribution is -0.145. The van der Waals surface area contributed by atoms with Gasteiger partial charge in [-0.1, -0.05) is 42.5 Å². The normalized spacial score (nSPS) is 31.5. The Morgan fingerprint density at radius 2 is 1.06 bits per heavy atom. The number of amides is 4. The summed E-state index contributed by atoms with van der Waals surface area (Å²) in [6.07, 6.45) is 1.60. The minimum Gasteiger partial charge on any atom is -0.466 e. The molecule has 0 spiro atoms. The fourth-order valence-electron chi connectivity index (χ4n) is 6.33. The van der Waals surface area contributed by atoms with Crippen LogP contribution in [0.2, 0.25) is 0 Å². The summed E-state index contributed by atoms with van der Waals surface area (Å²) in [6, 6.07) is 17.1. The van der Waals surface area contributed by atoms with Crippen molar-refractivity contribution < 1.29 is 28.7 Å². The van der Waals surface area contributed by atoms with Crippen molar-refractivity contribution in [3.05, 3.63) is 72.3 Å². The molecule has 5 aliphatic rings. The van der Waals surface area contributed by atoms with Crippen molar-refractivity contribution in [1.82, 2.24) is 0 Å². The van der Waals surface area contributed by atoms with E-state index in [1.54, 1.807) is 66.7 Å². The van der Waals surface area contributed by atoms with Gasteiger partial charge in [0, 0.05) is 17.4 Å². The van der Waals surface area contributed by atoms with Gasteiger partial charge in [0.2, 0.25) is 23.6 Å². The van der Waals surface area contributed by atoms with Crippen LogP contribution in [0.1, 0.15) is 0 Å². The Bertz CT molecular complexity index is 1200. The van der Waals surface area contributed by atoms with E-state index in [0.29, 0.717) is 11.4 Å². The number of imide groups is 2. The zero-order valence-corrected chi connectivity index (χ0v) is 18.2. The molecule has 2 unspecified atom stereocenters. The van der Waals surface area contributed by atoms with Crippen LogP contribution in [-0.2, 0) is 28.7 Å². The fraction of sp³-hybridized carbons (Fsp3) is 0.269. The van der Waals surface area contributed by atoms with Gasteiger partial charge in [-0.3, -0.25) is 29.0 Å². The second kappa shape index (κ2) is 7.21. The number of allylic oxidation sites excluding steroid dienone is 1. The molecule has 8 nitrogen and oxygen atoms in total. The third-order valence-corrected chi connectivity index (χ3v) is 7.58. The van der Waals surface area contributed by atoms with E-state index in [1.165, 1.54) is 7.11 Å². The Labute approximate surface area is 194 Å². The number of anilines is 2. The predicted molar refractivity (Wildman–Crippen MR) is 119 cm³/mol. The van der Waals surface area contributed by atoms with Crippen LogP contribution in [0.5, 0.6) is 0 Å². The van der Waals surface area contributed by atoms with Gasteiger partial charge in [0.15, 0.2) is 0 Å². The van der Waals surface area contributed by atoms with Gasteiger partial charge in [-0.25, -0.2) is 4.79 Å². The number of hydrogen-bond acceptors (Lipinski definition) is 6. The zero-order valence-electron chi connectivity index (χ0n) is 18.2. The molecule has 2 aromatic rings. The van der Waals surface area contributed by atoms with E-state index in [1.807, 2.05) is 0 Å². The van der Waals surface area contributed by atoms with Crippen molar-refractivity contribution in [3.63, 3.8) is 0 Å². The number of ether oxygens (including phenoxy) is 1. The number of nitrogens with zero attached hydrogens (tertiary/aromatic N) is 2. The number of carbonyl (C=O) groups excluding carboxylic acids is 5. The summed E-state index contributed by atoms with van der Waals surface area (Å²) in [4.78, 5) is 69.4. The van der Waals surface area contributed by atoms with Crippen LogP contribution in [0.4, 0.5) is 11.4 Å². The first-order chi connectivity index (χ1) is 16.5. The molecule has 3 aliphatic carbocycles. The van der Waals surface area contributed by atoms with Crippen molar-refractivity contribution >= 4 is 41.0 Å². The largest absolute Gasteiger partial charge is 0.466 e. The van der Waals surface area contributed by atoms with Crippen molar-refractivity contribution in [2.45, 2.75) is 0 Å². The third kappa shape index (κ3) is 2.50. The maximum atomic E-state index is 13.6. The molecule has 6 atom stereocenters. The molecule has 1 saturated carbocycles. The molecular weight excluding hydrogens is 436 g/mol. The highest BCUT2D eigenvalue weighted by Crippen LogP contribution is 2.60. The lowest BCUT2D eigenvalue weighted by Gasteiger charge is -2.46. The minimum atomic E-state index is -0.914. The fourth-order valence-corrected chi connectivity index (χ4v) is 6.33. The van der Waals surface area contributed by atoms with E-state index in [-0.39, 0.29) is 5.57 Å². The first kappa shape index (κ1) is 20.5. The number of hydrogen-bond donors (Lipinski definition) is 0. The molecule has 8 heteroatoms. The minimum absolute atomic E-state index is 0.196. The van der Waals surface area contributed by atoms with Gasteiger partial charge in [-0.2, -0.15) is 0 Å². The van der Waals surface area contributed by atoms with Crippen LogP contribution in [0.25, 0.3) is 0 Å². The lowest BCUT2D eigenvalue weighted by atomic mass is 9.52. The van der Waals surface area contributed by atoms with Gasteiger partial charge in [-0.15, -0.1) is 0 Å². The zero-order chi connectivity index (χ0) is 23.7. The monoisotopic (exact) mass is 456 g/mol. The van der Waals surface area contributed by atoms with E-state index in [4.69, 9.17) is 4.74 Å². The van der Waals surface area contributed by atoms with Crippen LogP contribution < -0.4 is 9.80 Å². The van der Waals surface area contributed by atoms with E-state index < -0.39 is 65.1 Å². The van der Waals surface area contributed by atoms with E-state index >= 15 is 0 Å². The average molecular weight is 456 g/mol. The Kier molecular flexibility index (Phi) is 4.36. The van der Waals surface area contributed by atoms with Crippen LogP contribution in [-0.4, -0.2) is 36.7 Å². The molecule has 3 fully saturated rings.